The molecule has 0 bridgehead atoms. The lowest BCUT2D eigenvalue weighted by atomic mass is 10.2. The molecule has 0 unspecified atom stereocenters. The number of hydrogen-bond donors (Lipinski definition) is 0. The second-order valence-corrected chi connectivity index (χ2v) is 3.80. The molecule has 0 radical (unpaired) electrons. The van der Waals surface area contributed by atoms with Crippen LogP contribution in [-0.4, -0.2) is 25.0 Å². The molecule has 86 valence electrons. The molecule has 1 fully saturated rings. The second kappa shape index (κ2) is 4.53. The van der Waals surface area contributed by atoms with Crippen molar-refractivity contribution in [2.24, 2.45) is 0 Å². The van der Waals surface area contributed by atoms with Gasteiger partial charge in [0.05, 0.1) is 22.3 Å². The molecule has 0 atom stereocenters. The van der Waals surface area contributed by atoms with Gasteiger partial charge in [0, 0.05) is 0 Å². The van der Waals surface area contributed by atoms with Crippen molar-refractivity contribution < 1.29 is 14.3 Å². The monoisotopic (exact) mass is 250 g/mol. The summed E-state index contributed by atoms with van der Waals surface area (Å²) in [6, 6.07) is 6.30. The number of benzene rings is 1. The van der Waals surface area contributed by atoms with Crippen LogP contribution in [0, 0.1) is 11.3 Å². The van der Waals surface area contributed by atoms with E-state index in [0.717, 1.165) is 4.90 Å². The first-order chi connectivity index (χ1) is 8.13. The summed E-state index contributed by atoms with van der Waals surface area (Å²) < 4.78 is 4.79. The summed E-state index contributed by atoms with van der Waals surface area (Å²) in [6.07, 6.45) is 0. The van der Waals surface area contributed by atoms with E-state index in [2.05, 4.69) is 0 Å². The minimum absolute atomic E-state index is 0.151. The molecule has 0 saturated carbocycles. The lowest BCUT2D eigenvalue weighted by Crippen LogP contribution is -2.46. The summed E-state index contributed by atoms with van der Waals surface area (Å²) in [6.45, 7) is -0.301. The highest BCUT2D eigenvalue weighted by atomic mass is 35.5. The van der Waals surface area contributed by atoms with Gasteiger partial charge in [0.1, 0.15) is 13.2 Å². The molecule has 5 nitrogen and oxygen atoms in total. The Bertz CT molecular complexity index is 520. The molecule has 1 aromatic rings. The molecule has 2 amide bonds. The molecule has 0 aromatic heterocycles. The fraction of sp³-hybridized carbons (Fsp3) is 0.182. The van der Waals surface area contributed by atoms with E-state index in [1.807, 2.05) is 6.07 Å². The van der Waals surface area contributed by atoms with E-state index in [0.29, 0.717) is 5.56 Å². The fourth-order valence-electron chi connectivity index (χ4n) is 1.52. The number of imide groups is 1. The maximum Gasteiger partial charge on any atom is 0.259 e. The zero-order valence-corrected chi connectivity index (χ0v) is 9.40. The Hall–Kier alpha value is -1.90. The summed E-state index contributed by atoms with van der Waals surface area (Å²) in [4.78, 5) is 24.1. The van der Waals surface area contributed by atoms with Crippen molar-refractivity contribution in [1.82, 2.24) is 0 Å². The van der Waals surface area contributed by atoms with E-state index in [-0.39, 0.29) is 23.9 Å². The molecule has 1 aromatic carbocycles. The molecule has 6 heteroatoms. The van der Waals surface area contributed by atoms with Crippen LogP contribution in [-0.2, 0) is 14.3 Å². The van der Waals surface area contributed by atoms with Crippen LogP contribution in [0.1, 0.15) is 5.56 Å². The SMILES string of the molecule is N#Cc1ccc(N2C(=O)COCC2=O)c(Cl)c1. The molecule has 0 spiro atoms. The standard InChI is InChI=1S/C11H7ClN2O3/c12-8-3-7(4-13)1-2-9(8)14-10(15)5-17-6-11(14)16/h1-3H,5-6H2. The molecule has 1 aliphatic heterocycles. The predicted octanol–water partition coefficient (Wildman–Crippen LogP) is 1.10. The van der Waals surface area contributed by atoms with Crippen molar-refractivity contribution in [3.8, 4) is 6.07 Å². The van der Waals surface area contributed by atoms with E-state index in [9.17, 15) is 9.59 Å². The van der Waals surface area contributed by atoms with Crippen molar-refractivity contribution in [3.05, 3.63) is 28.8 Å². The zero-order valence-electron chi connectivity index (χ0n) is 8.64. The first-order valence-corrected chi connectivity index (χ1v) is 5.14. The maximum atomic E-state index is 11.6. The lowest BCUT2D eigenvalue weighted by molar-refractivity contribution is -0.138. The molecule has 0 aliphatic carbocycles. The first kappa shape index (κ1) is 11.6. The van der Waals surface area contributed by atoms with Gasteiger partial charge in [0.15, 0.2) is 0 Å². The van der Waals surface area contributed by atoms with Crippen LogP contribution in [0.25, 0.3) is 0 Å². The number of morpholine rings is 1. The van der Waals surface area contributed by atoms with Crippen molar-refractivity contribution in [1.29, 1.82) is 5.26 Å². The average Bonchev–Trinajstić information content (AvgIpc) is 2.30. The number of ether oxygens (including phenoxy) is 1. The third-order valence-corrected chi connectivity index (χ3v) is 2.57. The van der Waals surface area contributed by atoms with E-state index in [1.54, 1.807) is 0 Å². The second-order valence-electron chi connectivity index (χ2n) is 3.39. The highest BCUT2D eigenvalue weighted by Gasteiger charge is 2.29. The number of rotatable bonds is 1. The van der Waals surface area contributed by atoms with Crippen molar-refractivity contribution >= 4 is 29.1 Å². The van der Waals surface area contributed by atoms with E-state index >= 15 is 0 Å². The van der Waals surface area contributed by atoms with Gasteiger partial charge < -0.3 is 4.74 Å². The average molecular weight is 251 g/mol. The predicted molar refractivity (Wildman–Crippen MR) is 59.5 cm³/mol. The third-order valence-electron chi connectivity index (χ3n) is 2.27. The van der Waals surface area contributed by atoms with Gasteiger partial charge >= 0.3 is 0 Å². The van der Waals surface area contributed by atoms with Gasteiger partial charge in [0.2, 0.25) is 0 Å². The van der Waals surface area contributed by atoms with Gasteiger partial charge in [-0.05, 0) is 18.2 Å². The summed E-state index contributed by atoms with van der Waals surface area (Å²) in [7, 11) is 0. The fourth-order valence-corrected chi connectivity index (χ4v) is 1.79. The van der Waals surface area contributed by atoms with Gasteiger partial charge in [-0.15, -0.1) is 0 Å². The highest BCUT2D eigenvalue weighted by Crippen LogP contribution is 2.28. The summed E-state index contributed by atoms with van der Waals surface area (Å²) in [5.41, 5.74) is 0.649. The minimum Gasteiger partial charge on any atom is -0.362 e. The third kappa shape index (κ3) is 2.13. The Balaban J connectivity index is 2.42. The number of nitriles is 1. The topological polar surface area (TPSA) is 70.4 Å². The van der Waals surface area contributed by atoms with E-state index in [1.165, 1.54) is 18.2 Å². The molecular weight excluding hydrogens is 244 g/mol. The van der Waals surface area contributed by atoms with Gasteiger partial charge in [0.25, 0.3) is 11.8 Å². The molecule has 17 heavy (non-hydrogen) atoms. The van der Waals surface area contributed by atoms with Gasteiger partial charge in [-0.3, -0.25) is 9.59 Å². The van der Waals surface area contributed by atoms with Crippen LogP contribution in [0.2, 0.25) is 5.02 Å². The number of amides is 2. The van der Waals surface area contributed by atoms with Gasteiger partial charge in [-0.25, -0.2) is 4.90 Å². The first-order valence-electron chi connectivity index (χ1n) is 4.76. The normalized spacial score (nSPS) is 15.9. The minimum atomic E-state index is -0.465. The largest absolute Gasteiger partial charge is 0.362 e. The van der Waals surface area contributed by atoms with Crippen molar-refractivity contribution in [3.63, 3.8) is 0 Å². The summed E-state index contributed by atoms with van der Waals surface area (Å²) in [5, 5.41) is 8.88. The Kier molecular flexibility index (Phi) is 3.09. The quantitative estimate of drug-likeness (QED) is 0.700. The zero-order chi connectivity index (χ0) is 12.4. The maximum absolute atomic E-state index is 11.6. The van der Waals surface area contributed by atoms with Crippen LogP contribution >= 0.6 is 11.6 Å². The van der Waals surface area contributed by atoms with Crippen molar-refractivity contribution in [2.45, 2.75) is 0 Å². The van der Waals surface area contributed by atoms with Gasteiger partial charge in [-0.2, -0.15) is 5.26 Å². The molecule has 1 saturated heterocycles. The Labute approximate surface area is 102 Å². The van der Waals surface area contributed by atoms with E-state index < -0.39 is 11.8 Å². The van der Waals surface area contributed by atoms with Gasteiger partial charge in [-0.1, -0.05) is 11.6 Å². The Morgan fingerprint density at radius 1 is 1.29 bits per heavy atom. The number of nitrogens with zero attached hydrogens (tertiary/aromatic N) is 2. The van der Waals surface area contributed by atoms with Crippen molar-refractivity contribution in [2.75, 3.05) is 18.1 Å². The van der Waals surface area contributed by atoms with Crippen LogP contribution in [0.15, 0.2) is 18.2 Å². The lowest BCUT2D eigenvalue weighted by Gasteiger charge is -2.25. The number of carbonyl (C=O) groups is 2. The number of hydrogen-bond acceptors (Lipinski definition) is 4. The molecule has 1 aliphatic rings. The van der Waals surface area contributed by atoms with E-state index in [4.69, 9.17) is 21.6 Å². The highest BCUT2D eigenvalue weighted by molar-refractivity contribution is 6.35. The number of halogens is 1. The number of carbonyl (C=O) groups excluding carboxylic acids is 2. The molecule has 2 rings (SSSR count). The molecule has 0 N–H and O–H groups in total. The summed E-state index contributed by atoms with van der Waals surface area (Å²) >= 11 is 5.93. The Morgan fingerprint density at radius 2 is 1.94 bits per heavy atom. The number of anilines is 1. The van der Waals surface area contributed by atoms with Crippen LogP contribution < -0.4 is 4.90 Å². The molecular formula is C11H7ClN2O3. The molecule has 1 heterocycles. The van der Waals surface area contributed by atoms with Crippen LogP contribution in [0.4, 0.5) is 5.69 Å². The summed E-state index contributed by atoms with van der Waals surface area (Å²) in [5.74, 6) is -0.930. The van der Waals surface area contributed by atoms with Crippen LogP contribution in [0.3, 0.4) is 0 Å². The Morgan fingerprint density at radius 3 is 2.47 bits per heavy atom. The van der Waals surface area contributed by atoms with Crippen LogP contribution in [0.5, 0.6) is 0 Å². The smallest absolute Gasteiger partial charge is 0.259 e.